The van der Waals surface area contributed by atoms with Crippen LogP contribution in [0.1, 0.15) is 26.3 Å². The number of nitrogens with one attached hydrogen (secondary N) is 2. The first-order valence-electron chi connectivity index (χ1n) is 15.3. The number of aliphatic hydroxyl groups excluding tert-OH is 7. The lowest BCUT2D eigenvalue weighted by atomic mass is 9.97. The summed E-state index contributed by atoms with van der Waals surface area (Å²) in [6.07, 6.45) is -19.7. The van der Waals surface area contributed by atoms with E-state index in [2.05, 4.69) is 10.6 Å². The van der Waals surface area contributed by atoms with Gasteiger partial charge in [-0.25, -0.2) is 9.59 Å². The highest BCUT2D eigenvalue weighted by Crippen LogP contribution is 2.30. The van der Waals surface area contributed by atoms with Gasteiger partial charge < -0.3 is 74.8 Å². The summed E-state index contributed by atoms with van der Waals surface area (Å²) in [6.45, 7) is 2.88. The number of aliphatic hydroxyl groups is 7. The van der Waals surface area contributed by atoms with E-state index in [0.29, 0.717) is 5.56 Å². The lowest BCUT2D eigenvalue weighted by molar-refractivity contribution is -0.371. The van der Waals surface area contributed by atoms with Gasteiger partial charge in [0, 0.05) is 0 Å². The first-order chi connectivity index (χ1) is 22.7. The molecule has 3 rings (SSSR count). The number of carbonyl (C=O) groups is 3. The first kappa shape index (κ1) is 39.4. The molecule has 48 heavy (non-hydrogen) atoms. The minimum Gasteiger partial charge on any atom is -0.467 e. The predicted molar refractivity (Wildman–Crippen MR) is 159 cm³/mol. The second kappa shape index (κ2) is 18.1. The molecule has 0 aromatic heterocycles. The zero-order valence-corrected chi connectivity index (χ0v) is 26.9. The number of benzene rings is 1. The van der Waals surface area contributed by atoms with Crippen molar-refractivity contribution >= 4 is 18.0 Å². The molecule has 2 fully saturated rings. The number of carbonyl (C=O) groups excluding carboxylic acids is 3. The molecule has 0 radical (unpaired) electrons. The summed E-state index contributed by atoms with van der Waals surface area (Å²) in [5.74, 6) is -2.11. The largest absolute Gasteiger partial charge is 0.467 e. The summed E-state index contributed by atoms with van der Waals surface area (Å²) >= 11 is 0. The maximum Gasteiger partial charge on any atom is 0.408 e. The van der Waals surface area contributed by atoms with Crippen molar-refractivity contribution in [3.63, 3.8) is 0 Å². The fraction of sp³-hybridized carbons (Fsp3) is 0.700. The molecule has 1 aromatic rings. The van der Waals surface area contributed by atoms with Crippen LogP contribution < -0.4 is 10.6 Å². The van der Waals surface area contributed by atoms with Crippen molar-refractivity contribution in [3.8, 4) is 0 Å². The Kier molecular flexibility index (Phi) is 14.9. The highest BCUT2D eigenvalue weighted by atomic mass is 16.8. The Morgan fingerprint density at radius 2 is 1.38 bits per heavy atom. The van der Waals surface area contributed by atoms with Crippen LogP contribution in [-0.4, -0.2) is 154 Å². The molecular formula is C30H46N2O16. The minimum absolute atomic E-state index is 0.157. The second-order valence-electron chi connectivity index (χ2n) is 11.8. The van der Waals surface area contributed by atoms with Gasteiger partial charge in [-0.2, -0.15) is 0 Å². The van der Waals surface area contributed by atoms with Gasteiger partial charge in [-0.05, 0) is 18.4 Å². The van der Waals surface area contributed by atoms with E-state index >= 15 is 0 Å². The number of amides is 2. The number of ether oxygens (including phenoxy) is 6. The monoisotopic (exact) mass is 690 g/mol. The highest BCUT2D eigenvalue weighted by Gasteiger charge is 2.51. The Balaban J connectivity index is 1.87. The lowest BCUT2D eigenvalue weighted by Gasteiger charge is -2.46. The van der Waals surface area contributed by atoms with Crippen molar-refractivity contribution in [3.05, 3.63) is 35.9 Å². The maximum atomic E-state index is 13.6. The molecular weight excluding hydrogens is 644 g/mol. The van der Waals surface area contributed by atoms with E-state index < -0.39 is 117 Å². The number of esters is 1. The average Bonchev–Trinajstić information content (AvgIpc) is 3.07. The van der Waals surface area contributed by atoms with Gasteiger partial charge in [0.2, 0.25) is 5.91 Å². The predicted octanol–water partition coefficient (Wildman–Crippen LogP) is -3.38. The fourth-order valence-electron chi connectivity index (χ4n) is 5.09. The maximum absolute atomic E-state index is 13.6. The van der Waals surface area contributed by atoms with Crippen LogP contribution in [0.4, 0.5) is 4.79 Å². The standard InChI is InChI=1S/C30H46N2O16/c1-13(2)18(27(41)43-4)31-26(40)19(32-30(42)44-12-15-8-6-5-7-9-15)14(3)45-29-25(23(38)21(36)17(11-34)47-29)48-28-24(39)22(37)20(35)16(10-33)46-28/h5-9,13-14,16-25,28-29,33-39H,10-12H2,1-4H3,(H,31,40)(H,32,42)/t14-,16?,17?,18+,19+,20+,21+,22+,23+,24?,25?,28+,29-/m1/s1. The van der Waals surface area contributed by atoms with Crippen LogP contribution in [0.2, 0.25) is 0 Å². The second-order valence-corrected chi connectivity index (χ2v) is 11.8. The highest BCUT2D eigenvalue weighted by molar-refractivity contribution is 5.90. The molecule has 2 saturated heterocycles. The molecule has 2 amide bonds. The van der Waals surface area contributed by atoms with Gasteiger partial charge in [-0.3, -0.25) is 4.79 Å². The Morgan fingerprint density at radius 3 is 1.94 bits per heavy atom. The molecule has 0 spiro atoms. The van der Waals surface area contributed by atoms with Crippen molar-refractivity contribution in [2.45, 2.75) is 107 Å². The average molecular weight is 691 g/mol. The Labute approximate surface area is 276 Å². The molecule has 1 aromatic carbocycles. The van der Waals surface area contributed by atoms with Gasteiger partial charge in [-0.15, -0.1) is 0 Å². The number of hydrogen-bond donors (Lipinski definition) is 9. The van der Waals surface area contributed by atoms with E-state index in [0.717, 1.165) is 7.11 Å². The van der Waals surface area contributed by atoms with E-state index in [1.165, 1.54) is 6.92 Å². The lowest BCUT2D eigenvalue weighted by Crippen LogP contribution is -2.65. The molecule has 0 saturated carbocycles. The fourth-order valence-corrected chi connectivity index (χ4v) is 5.09. The summed E-state index contributed by atoms with van der Waals surface area (Å²) in [6, 6.07) is 5.92. The SMILES string of the molecule is COC(=O)[C@@H](NC(=O)[C@@H](NC(=O)OCc1ccccc1)[C@@H](C)O[C@@H]1OC(CO)[C@H](O)[C@H](O)C1O[C@@H]1OC(CO)[C@H](O)[C@H](O)C1O)C(C)C. The van der Waals surface area contributed by atoms with Gasteiger partial charge >= 0.3 is 12.1 Å². The Morgan fingerprint density at radius 1 is 0.792 bits per heavy atom. The molecule has 18 heteroatoms. The molecule has 2 heterocycles. The third-order valence-electron chi connectivity index (χ3n) is 7.97. The van der Waals surface area contributed by atoms with E-state index in [4.69, 9.17) is 28.4 Å². The van der Waals surface area contributed by atoms with Crippen LogP contribution in [0, 0.1) is 5.92 Å². The van der Waals surface area contributed by atoms with Gasteiger partial charge in [0.25, 0.3) is 0 Å². The van der Waals surface area contributed by atoms with Crippen molar-refractivity contribution in [1.82, 2.24) is 10.6 Å². The summed E-state index contributed by atoms with van der Waals surface area (Å²) in [5.41, 5.74) is 0.648. The normalized spacial score (nSPS) is 32.5. The van der Waals surface area contributed by atoms with Crippen LogP contribution in [0.5, 0.6) is 0 Å². The summed E-state index contributed by atoms with van der Waals surface area (Å²) < 4.78 is 32.6. The van der Waals surface area contributed by atoms with Crippen LogP contribution in [0.3, 0.4) is 0 Å². The van der Waals surface area contributed by atoms with Gasteiger partial charge in [0.1, 0.15) is 67.5 Å². The molecule has 4 unspecified atom stereocenters. The van der Waals surface area contributed by atoms with Gasteiger partial charge in [0.15, 0.2) is 12.6 Å². The van der Waals surface area contributed by atoms with Crippen molar-refractivity contribution in [2.75, 3.05) is 20.3 Å². The molecule has 0 bridgehead atoms. The van der Waals surface area contributed by atoms with Crippen molar-refractivity contribution < 1.29 is 78.6 Å². The topological polar surface area (TPSA) is 272 Å². The van der Waals surface area contributed by atoms with E-state index in [9.17, 15) is 50.1 Å². The zero-order chi connectivity index (χ0) is 35.7. The minimum atomic E-state index is -1.91. The molecule has 18 nitrogen and oxygen atoms in total. The van der Waals surface area contributed by atoms with Crippen LogP contribution >= 0.6 is 0 Å². The molecule has 13 atom stereocenters. The van der Waals surface area contributed by atoms with Crippen LogP contribution in [0.25, 0.3) is 0 Å². The Bertz CT molecular complexity index is 1170. The summed E-state index contributed by atoms with van der Waals surface area (Å²) in [4.78, 5) is 38.9. The third-order valence-corrected chi connectivity index (χ3v) is 7.97. The van der Waals surface area contributed by atoms with Crippen molar-refractivity contribution in [2.24, 2.45) is 5.92 Å². The first-order valence-corrected chi connectivity index (χ1v) is 15.3. The molecule has 2 aliphatic rings. The zero-order valence-electron chi connectivity index (χ0n) is 26.9. The van der Waals surface area contributed by atoms with Gasteiger partial charge in [0.05, 0.1) is 26.4 Å². The molecule has 9 N–H and O–H groups in total. The van der Waals surface area contributed by atoms with Crippen LogP contribution in [-0.2, 0) is 44.6 Å². The number of hydrogen-bond acceptors (Lipinski definition) is 16. The number of rotatable bonds is 14. The van der Waals surface area contributed by atoms with E-state index in [1.807, 2.05) is 0 Å². The number of alkyl carbamates (subject to hydrolysis) is 1. The van der Waals surface area contributed by atoms with Crippen molar-refractivity contribution in [1.29, 1.82) is 0 Å². The Hall–Kier alpha value is -3.01. The van der Waals surface area contributed by atoms with Gasteiger partial charge in [-0.1, -0.05) is 44.2 Å². The summed E-state index contributed by atoms with van der Waals surface area (Å²) in [5, 5.41) is 76.6. The summed E-state index contributed by atoms with van der Waals surface area (Å²) in [7, 11) is 1.14. The van der Waals surface area contributed by atoms with Crippen LogP contribution in [0.15, 0.2) is 30.3 Å². The molecule has 0 aliphatic carbocycles. The number of methoxy groups -OCH3 is 1. The smallest absolute Gasteiger partial charge is 0.408 e. The molecule has 2 aliphatic heterocycles. The molecule has 272 valence electrons. The quantitative estimate of drug-likeness (QED) is 0.0862. The van der Waals surface area contributed by atoms with E-state index in [1.54, 1.807) is 44.2 Å². The third kappa shape index (κ3) is 9.79. The van der Waals surface area contributed by atoms with E-state index in [-0.39, 0.29) is 6.61 Å².